The Kier molecular flexibility index (Phi) is 17.5. The molecule has 0 unspecified atom stereocenters. The van der Waals surface area contributed by atoms with Crippen LogP contribution in [0.3, 0.4) is 0 Å². The molecule has 0 spiro atoms. The predicted octanol–water partition coefficient (Wildman–Crippen LogP) is 5.81. The molecule has 0 radical (unpaired) electrons. The van der Waals surface area contributed by atoms with Crippen LogP contribution in [0.25, 0.3) is 0 Å². The van der Waals surface area contributed by atoms with Gasteiger partial charge in [0.2, 0.25) is 0 Å². The Morgan fingerprint density at radius 3 is 1.27 bits per heavy atom. The maximum atomic E-state index is 12.2. The molecule has 0 aromatic heterocycles. The Bertz CT molecular complexity index is 1600. The van der Waals surface area contributed by atoms with Gasteiger partial charge in [0.1, 0.15) is 17.1 Å². The normalized spacial score (nSPS) is 11.8. The highest BCUT2D eigenvalue weighted by Crippen LogP contribution is 2.41. The van der Waals surface area contributed by atoms with Crippen molar-refractivity contribution in [1.29, 1.82) is 0 Å². The van der Waals surface area contributed by atoms with Crippen molar-refractivity contribution in [2.24, 2.45) is 0 Å². The van der Waals surface area contributed by atoms with Gasteiger partial charge in [0.25, 0.3) is 10.1 Å². The lowest BCUT2D eigenvalue weighted by molar-refractivity contribution is -0.0392. The van der Waals surface area contributed by atoms with Gasteiger partial charge in [-0.25, -0.2) is 0 Å². The highest BCUT2D eigenvalue weighted by atomic mass is 32.2. The molecule has 0 saturated heterocycles. The molecule has 0 fully saturated rings. The SMILES string of the molecule is COc1ccc(C(OCCOCCOCCOCCOCCOCCOS(=O)(=O)c2ccc(C)cc2)(c2ccccc2)c2ccc(OC)cc2)cc1. The van der Waals surface area contributed by atoms with Crippen molar-refractivity contribution in [1.82, 2.24) is 0 Å². The predicted molar refractivity (Wildman–Crippen MR) is 197 cm³/mol. The van der Waals surface area contributed by atoms with Gasteiger partial charge < -0.3 is 37.9 Å². The average Bonchev–Trinajstić information content (AvgIpc) is 3.18. The van der Waals surface area contributed by atoms with E-state index in [1.54, 1.807) is 26.4 Å². The first-order valence-corrected chi connectivity index (χ1v) is 18.6. The van der Waals surface area contributed by atoms with E-state index in [-0.39, 0.29) is 18.1 Å². The van der Waals surface area contributed by atoms with Crippen LogP contribution in [0.15, 0.2) is 108 Å². The number of benzene rings is 4. The molecule has 4 rings (SSSR count). The van der Waals surface area contributed by atoms with Crippen LogP contribution >= 0.6 is 0 Å². The third-order valence-electron chi connectivity index (χ3n) is 7.98. The lowest BCUT2D eigenvalue weighted by atomic mass is 9.80. The minimum atomic E-state index is -3.79. The van der Waals surface area contributed by atoms with Gasteiger partial charge in [0, 0.05) is 0 Å². The zero-order valence-corrected chi connectivity index (χ0v) is 31.0. The quantitative estimate of drug-likeness (QED) is 0.0442. The lowest BCUT2D eigenvalue weighted by Crippen LogP contribution is -2.34. The molecule has 0 atom stereocenters. The molecule has 0 aliphatic rings. The first-order valence-electron chi connectivity index (χ1n) is 17.2. The van der Waals surface area contributed by atoms with Gasteiger partial charge in [-0.05, 0) is 60.0 Å². The molecular formula is C40H50O11S. The van der Waals surface area contributed by atoms with Crippen LogP contribution in [-0.4, -0.2) is 102 Å². The highest BCUT2D eigenvalue weighted by molar-refractivity contribution is 7.86. The Hall–Kier alpha value is -3.85. The Balaban J connectivity index is 1.07. The van der Waals surface area contributed by atoms with Crippen molar-refractivity contribution in [3.8, 4) is 11.5 Å². The minimum Gasteiger partial charge on any atom is -0.497 e. The summed E-state index contributed by atoms with van der Waals surface area (Å²) in [5.41, 5.74) is 2.99. The maximum absolute atomic E-state index is 12.2. The number of aryl methyl sites for hydroxylation is 1. The van der Waals surface area contributed by atoms with E-state index in [9.17, 15) is 8.42 Å². The Morgan fingerprint density at radius 2 is 0.846 bits per heavy atom. The molecule has 282 valence electrons. The molecule has 0 heterocycles. The van der Waals surface area contributed by atoms with Crippen molar-refractivity contribution in [2.45, 2.75) is 17.4 Å². The van der Waals surface area contributed by atoms with Crippen molar-refractivity contribution < 1.29 is 50.5 Å². The fourth-order valence-electron chi connectivity index (χ4n) is 5.29. The Morgan fingerprint density at radius 1 is 0.462 bits per heavy atom. The van der Waals surface area contributed by atoms with E-state index in [1.165, 1.54) is 12.1 Å². The monoisotopic (exact) mass is 738 g/mol. The molecule has 12 heteroatoms. The van der Waals surface area contributed by atoms with E-state index >= 15 is 0 Å². The van der Waals surface area contributed by atoms with E-state index in [0.717, 1.165) is 33.8 Å². The number of hydrogen-bond acceptors (Lipinski definition) is 11. The van der Waals surface area contributed by atoms with E-state index in [2.05, 4.69) is 12.1 Å². The highest BCUT2D eigenvalue weighted by Gasteiger charge is 2.37. The second-order valence-electron chi connectivity index (χ2n) is 11.5. The zero-order valence-electron chi connectivity index (χ0n) is 30.2. The van der Waals surface area contributed by atoms with E-state index in [4.69, 9.17) is 42.1 Å². The smallest absolute Gasteiger partial charge is 0.297 e. The molecular weight excluding hydrogens is 688 g/mol. The summed E-state index contributed by atoms with van der Waals surface area (Å²) in [6.07, 6.45) is 0. The summed E-state index contributed by atoms with van der Waals surface area (Å²) in [7, 11) is -0.490. The molecule has 0 amide bonds. The molecule has 52 heavy (non-hydrogen) atoms. The van der Waals surface area contributed by atoms with Gasteiger partial charge in [-0.1, -0.05) is 72.3 Å². The summed E-state index contributed by atoms with van der Waals surface area (Å²) in [4.78, 5) is 0.125. The molecule has 11 nitrogen and oxygen atoms in total. The summed E-state index contributed by atoms with van der Waals surface area (Å²) >= 11 is 0. The van der Waals surface area contributed by atoms with Crippen LogP contribution in [0.1, 0.15) is 22.3 Å². The average molecular weight is 739 g/mol. The second-order valence-corrected chi connectivity index (χ2v) is 13.1. The third-order valence-corrected chi connectivity index (χ3v) is 9.31. The van der Waals surface area contributed by atoms with Crippen LogP contribution in [0.2, 0.25) is 0 Å². The fourth-order valence-corrected chi connectivity index (χ4v) is 6.18. The molecule has 0 bridgehead atoms. The molecule has 0 aliphatic carbocycles. The van der Waals surface area contributed by atoms with Crippen LogP contribution in [0, 0.1) is 6.92 Å². The van der Waals surface area contributed by atoms with Gasteiger partial charge in [-0.15, -0.1) is 0 Å². The second kappa shape index (κ2) is 22.3. The molecule has 0 N–H and O–H groups in total. The van der Waals surface area contributed by atoms with Crippen LogP contribution < -0.4 is 9.47 Å². The van der Waals surface area contributed by atoms with Gasteiger partial charge in [0.05, 0.1) is 98.4 Å². The summed E-state index contributed by atoms with van der Waals surface area (Å²) in [5, 5.41) is 0. The zero-order chi connectivity index (χ0) is 36.9. The number of methoxy groups -OCH3 is 2. The maximum Gasteiger partial charge on any atom is 0.297 e. The van der Waals surface area contributed by atoms with E-state index < -0.39 is 15.7 Å². The van der Waals surface area contributed by atoms with E-state index in [0.29, 0.717) is 66.1 Å². The van der Waals surface area contributed by atoms with Crippen molar-refractivity contribution >= 4 is 10.1 Å². The molecule has 0 saturated carbocycles. The summed E-state index contributed by atoms with van der Waals surface area (Å²) in [6.45, 7) is 5.87. The van der Waals surface area contributed by atoms with Gasteiger partial charge in [-0.3, -0.25) is 4.18 Å². The van der Waals surface area contributed by atoms with Gasteiger partial charge >= 0.3 is 0 Å². The largest absolute Gasteiger partial charge is 0.497 e. The van der Waals surface area contributed by atoms with Crippen LogP contribution in [0.5, 0.6) is 11.5 Å². The standard InChI is InChI=1S/C40H50O11S/c1-33-9-19-39(20-10-33)52(41,42)51-32-30-49-28-26-47-24-22-45-21-23-46-25-27-48-29-31-50-40(34-7-5-4-6-8-34,35-11-15-37(43-2)16-12-35)36-13-17-38(44-3)18-14-36/h4-20H,21-32H2,1-3H3. The van der Waals surface area contributed by atoms with Crippen molar-refractivity contribution in [3.05, 3.63) is 125 Å². The first kappa shape index (κ1) is 40.9. The minimum absolute atomic E-state index is 0.0672. The van der Waals surface area contributed by atoms with Gasteiger partial charge in [-0.2, -0.15) is 8.42 Å². The molecule has 0 aliphatic heterocycles. The van der Waals surface area contributed by atoms with Crippen LogP contribution in [-0.2, 0) is 48.3 Å². The van der Waals surface area contributed by atoms with E-state index in [1.807, 2.05) is 73.7 Å². The number of hydrogen-bond donors (Lipinski definition) is 0. The lowest BCUT2D eigenvalue weighted by Gasteiger charge is -2.36. The van der Waals surface area contributed by atoms with Crippen LogP contribution in [0.4, 0.5) is 0 Å². The van der Waals surface area contributed by atoms with Gasteiger partial charge in [0.15, 0.2) is 0 Å². The van der Waals surface area contributed by atoms with Crippen molar-refractivity contribution in [3.63, 3.8) is 0 Å². The summed E-state index contributed by atoms with van der Waals surface area (Å²) < 4.78 is 74.8. The molecule has 4 aromatic carbocycles. The number of ether oxygens (including phenoxy) is 8. The number of rotatable bonds is 26. The summed E-state index contributed by atoms with van der Waals surface area (Å²) in [5.74, 6) is 1.53. The Labute approximate surface area is 307 Å². The third kappa shape index (κ3) is 12.7. The fraction of sp³-hybridized carbons (Fsp3) is 0.400. The molecule has 4 aromatic rings. The van der Waals surface area contributed by atoms with Crippen molar-refractivity contribution in [2.75, 3.05) is 93.5 Å². The summed E-state index contributed by atoms with van der Waals surface area (Å²) in [6, 6.07) is 32.5. The first-order chi connectivity index (χ1) is 25.4. The topological polar surface area (TPSA) is 117 Å².